The van der Waals surface area contributed by atoms with Crippen molar-refractivity contribution in [3.63, 3.8) is 0 Å². The molecule has 0 aromatic heterocycles. The normalized spacial score (nSPS) is 12.6. The van der Waals surface area contributed by atoms with Crippen LogP contribution in [0.25, 0.3) is 0 Å². The van der Waals surface area contributed by atoms with Gasteiger partial charge in [-0.1, -0.05) is 334 Å². The molecule has 0 bridgehead atoms. The van der Waals surface area contributed by atoms with E-state index >= 15 is 0 Å². The van der Waals surface area contributed by atoms with Crippen molar-refractivity contribution in [2.75, 3.05) is 13.2 Å². The Balaban J connectivity index is 3.29. The highest BCUT2D eigenvalue weighted by atomic mass is 16.5. The van der Waals surface area contributed by atoms with E-state index in [-0.39, 0.29) is 18.5 Å². The second-order valence-electron chi connectivity index (χ2n) is 22.5. The van der Waals surface area contributed by atoms with Crippen molar-refractivity contribution in [3.8, 4) is 0 Å². The van der Waals surface area contributed by atoms with Crippen LogP contribution in [0.3, 0.4) is 0 Å². The van der Waals surface area contributed by atoms with Gasteiger partial charge in [-0.3, -0.25) is 9.59 Å². The van der Waals surface area contributed by atoms with E-state index in [1.165, 1.54) is 302 Å². The molecule has 0 aliphatic carbocycles. The van der Waals surface area contributed by atoms with Crippen LogP contribution in [0.2, 0.25) is 0 Å². The summed E-state index contributed by atoms with van der Waals surface area (Å²) in [6.07, 6.45) is 74.4. The summed E-state index contributed by atoms with van der Waals surface area (Å²) in [5, 5.41) is 23.0. The van der Waals surface area contributed by atoms with Gasteiger partial charge in [0, 0.05) is 12.8 Å². The predicted molar refractivity (Wildman–Crippen MR) is 310 cm³/mol. The van der Waals surface area contributed by atoms with Crippen LogP contribution in [0.4, 0.5) is 0 Å². The van der Waals surface area contributed by atoms with Gasteiger partial charge in [0.05, 0.1) is 25.4 Å². The van der Waals surface area contributed by atoms with E-state index in [1.807, 2.05) is 6.08 Å². The number of hydrogen-bond donors (Lipinski definition) is 3. The first kappa shape index (κ1) is 69.6. The summed E-state index contributed by atoms with van der Waals surface area (Å²) in [5.74, 6) is -0.0419. The first-order valence-electron chi connectivity index (χ1n) is 32.5. The Morgan fingerprint density at radius 2 is 0.648 bits per heavy atom. The molecule has 3 N–H and O–H groups in total. The number of aliphatic hydroxyl groups is 2. The second kappa shape index (κ2) is 61.1. The molecule has 0 aliphatic rings. The Labute approximate surface area is 444 Å². The molecule has 2 atom stereocenters. The molecule has 6 heteroatoms. The molecule has 0 saturated carbocycles. The first-order chi connectivity index (χ1) is 35.0. The molecule has 0 aromatic carbocycles. The third kappa shape index (κ3) is 57.7. The Bertz CT molecular complexity index is 1060. The van der Waals surface area contributed by atoms with E-state index in [0.717, 1.165) is 38.5 Å². The van der Waals surface area contributed by atoms with Gasteiger partial charge >= 0.3 is 5.97 Å². The maximum absolute atomic E-state index is 12.4. The van der Waals surface area contributed by atoms with Gasteiger partial charge in [0.2, 0.25) is 5.91 Å². The number of carbonyl (C=O) groups excluding carboxylic acids is 2. The minimum atomic E-state index is -0.838. The summed E-state index contributed by atoms with van der Waals surface area (Å²) in [6.45, 7) is 4.91. The molecule has 0 fully saturated rings. The number of carbonyl (C=O) groups is 2. The molecule has 0 heterocycles. The Kier molecular flexibility index (Phi) is 59.9. The second-order valence-corrected chi connectivity index (χ2v) is 22.5. The SMILES string of the molecule is CCCCCCCCCC/C=C/C(O)C(CO)NC(=O)CCCCCCCCCCCCCCCCCCCCCCCCCCCCCCCCCCCOC(=O)CCCCCCCCCCCCC. The maximum atomic E-state index is 12.4. The smallest absolute Gasteiger partial charge is 0.305 e. The summed E-state index contributed by atoms with van der Waals surface area (Å²) in [5.41, 5.74) is 0. The third-order valence-electron chi connectivity index (χ3n) is 15.3. The molecular formula is C65H127NO5. The largest absolute Gasteiger partial charge is 0.466 e. The Morgan fingerprint density at radius 3 is 0.958 bits per heavy atom. The molecule has 1 amide bonds. The number of aliphatic hydroxyl groups excluding tert-OH is 2. The number of esters is 1. The van der Waals surface area contributed by atoms with Crippen molar-refractivity contribution in [2.45, 2.75) is 379 Å². The highest BCUT2D eigenvalue weighted by Gasteiger charge is 2.18. The highest BCUT2D eigenvalue weighted by molar-refractivity contribution is 5.76. The molecule has 0 aliphatic heterocycles. The van der Waals surface area contributed by atoms with Crippen LogP contribution in [-0.4, -0.2) is 47.4 Å². The van der Waals surface area contributed by atoms with Crippen LogP contribution in [-0.2, 0) is 14.3 Å². The molecule has 0 rings (SSSR count). The van der Waals surface area contributed by atoms with Crippen LogP contribution >= 0.6 is 0 Å². The summed E-state index contributed by atoms with van der Waals surface area (Å²) in [6, 6.07) is -0.621. The molecule has 71 heavy (non-hydrogen) atoms. The van der Waals surface area contributed by atoms with E-state index in [4.69, 9.17) is 4.74 Å². The van der Waals surface area contributed by atoms with E-state index in [9.17, 15) is 19.8 Å². The fourth-order valence-corrected chi connectivity index (χ4v) is 10.3. The summed E-state index contributed by atoms with van der Waals surface area (Å²) >= 11 is 0. The van der Waals surface area contributed by atoms with Crippen LogP contribution < -0.4 is 5.32 Å². The molecule has 422 valence electrons. The number of allylic oxidation sites excluding steroid dienone is 1. The molecule has 0 aromatic rings. The number of amides is 1. The van der Waals surface area contributed by atoms with Crippen LogP contribution in [0.5, 0.6) is 0 Å². The molecular weight excluding hydrogens is 875 g/mol. The topological polar surface area (TPSA) is 95.9 Å². The van der Waals surface area contributed by atoms with Crippen LogP contribution in [0, 0.1) is 0 Å². The maximum Gasteiger partial charge on any atom is 0.305 e. The predicted octanol–water partition coefficient (Wildman–Crippen LogP) is 20.4. The number of nitrogens with one attached hydrogen (secondary N) is 1. The summed E-state index contributed by atoms with van der Waals surface area (Å²) in [4.78, 5) is 24.4. The van der Waals surface area contributed by atoms with E-state index in [1.54, 1.807) is 6.08 Å². The van der Waals surface area contributed by atoms with Crippen molar-refractivity contribution in [3.05, 3.63) is 12.2 Å². The fourth-order valence-electron chi connectivity index (χ4n) is 10.3. The molecule has 6 nitrogen and oxygen atoms in total. The zero-order valence-corrected chi connectivity index (χ0v) is 48.2. The van der Waals surface area contributed by atoms with Gasteiger partial charge in [-0.25, -0.2) is 0 Å². The summed E-state index contributed by atoms with van der Waals surface area (Å²) < 4.78 is 5.47. The van der Waals surface area contributed by atoms with Gasteiger partial charge in [-0.2, -0.15) is 0 Å². The number of ether oxygens (including phenoxy) is 1. The first-order valence-corrected chi connectivity index (χ1v) is 32.5. The lowest BCUT2D eigenvalue weighted by Crippen LogP contribution is -2.45. The highest BCUT2D eigenvalue weighted by Crippen LogP contribution is 2.19. The van der Waals surface area contributed by atoms with Crippen molar-refractivity contribution >= 4 is 11.9 Å². The Hall–Kier alpha value is -1.40. The summed E-state index contributed by atoms with van der Waals surface area (Å²) in [7, 11) is 0. The Morgan fingerprint density at radius 1 is 0.380 bits per heavy atom. The van der Waals surface area contributed by atoms with E-state index in [2.05, 4.69) is 19.2 Å². The van der Waals surface area contributed by atoms with Gasteiger partial charge in [0.1, 0.15) is 0 Å². The van der Waals surface area contributed by atoms with Crippen molar-refractivity contribution < 1.29 is 24.5 Å². The van der Waals surface area contributed by atoms with Gasteiger partial charge in [0.25, 0.3) is 0 Å². The average molecular weight is 1000 g/mol. The molecule has 0 saturated heterocycles. The molecule has 2 unspecified atom stereocenters. The number of hydrogen-bond acceptors (Lipinski definition) is 5. The van der Waals surface area contributed by atoms with Gasteiger partial charge in [0.15, 0.2) is 0 Å². The van der Waals surface area contributed by atoms with E-state index < -0.39 is 12.1 Å². The zero-order valence-electron chi connectivity index (χ0n) is 48.2. The lowest BCUT2D eigenvalue weighted by Gasteiger charge is -2.20. The number of rotatable bonds is 61. The quantitative estimate of drug-likeness (QED) is 0.0320. The van der Waals surface area contributed by atoms with Crippen LogP contribution in [0.15, 0.2) is 12.2 Å². The number of unbranched alkanes of at least 4 members (excludes halogenated alkanes) is 50. The van der Waals surface area contributed by atoms with Gasteiger partial charge < -0.3 is 20.3 Å². The lowest BCUT2D eigenvalue weighted by molar-refractivity contribution is -0.143. The minimum Gasteiger partial charge on any atom is -0.466 e. The molecule has 0 spiro atoms. The van der Waals surface area contributed by atoms with Crippen LogP contribution in [0.1, 0.15) is 367 Å². The van der Waals surface area contributed by atoms with Gasteiger partial charge in [-0.05, 0) is 32.1 Å². The lowest BCUT2D eigenvalue weighted by atomic mass is 10.0. The average Bonchev–Trinajstić information content (AvgIpc) is 3.37. The minimum absolute atomic E-state index is 0.0215. The standard InChI is InChI=1S/C65H127NO5/c1-3-5-7-9-11-13-38-43-47-51-55-59-65(70)71-60-56-52-48-44-40-37-35-33-31-29-27-25-23-21-19-17-15-16-18-20-22-24-26-28-30-32-34-36-39-42-46-50-54-58-64(69)66-62(61-67)63(68)57-53-49-45-41-14-12-10-8-6-4-2/h53,57,62-63,67-68H,3-52,54-56,58-61H2,1-2H3,(H,66,69)/b57-53+. The fraction of sp³-hybridized carbons (Fsp3) is 0.938. The molecule has 0 radical (unpaired) electrons. The van der Waals surface area contributed by atoms with E-state index in [0.29, 0.717) is 19.4 Å². The van der Waals surface area contributed by atoms with Crippen molar-refractivity contribution in [2.24, 2.45) is 0 Å². The van der Waals surface area contributed by atoms with Gasteiger partial charge in [-0.15, -0.1) is 0 Å². The monoisotopic (exact) mass is 1000 g/mol. The van der Waals surface area contributed by atoms with Crippen molar-refractivity contribution in [1.82, 2.24) is 5.32 Å². The third-order valence-corrected chi connectivity index (χ3v) is 15.3. The zero-order chi connectivity index (χ0) is 51.4. The van der Waals surface area contributed by atoms with Crippen molar-refractivity contribution in [1.29, 1.82) is 0 Å².